The zero-order valence-corrected chi connectivity index (χ0v) is 12.3. The number of nitrogens with zero attached hydrogens (tertiary/aromatic N) is 1. The molecular weight excluding hydrogens is 290 g/mol. The first-order valence-corrected chi connectivity index (χ1v) is 8.05. The fraction of sp³-hybridized carbons (Fsp3) is 0.467. The molecule has 1 N–H and O–H groups in total. The largest absolute Gasteiger partial charge is 0.478 e. The van der Waals surface area contributed by atoms with E-state index in [-0.39, 0.29) is 17.5 Å². The maximum absolute atomic E-state index is 12.7. The molecule has 6 heteroatoms. The Morgan fingerprint density at radius 1 is 1.24 bits per heavy atom. The predicted molar refractivity (Wildman–Crippen MR) is 79.9 cm³/mol. The molecule has 1 aromatic carbocycles. The Morgan fingerprint density at radius 3 is 2.67 bits per heavy atom. The Morgan fingerprint density at radius 2 is 1.95 bits per heavy atom. The van der Waals surface area contributed by atoms with Gasteiger partial charge in [-0.2, -0.15) is 11.8 Å². The van der Waals surface area contributed by atoms with Crippen LogP contribution >= 0.6 is 11.8 Å². The number of carboxylic acids is 1. The summed E-state index contributed by atoms with van der Waals surface area (Å²) in [7, 11) is 0. The van der Waals surface area contributed by atoms with Crippen LogP contribution in [0.5, 0.6) is 0 Å². The normalized spacial score (nSPS) is 25.2. The molecule has 3 rings (SSSR count). The summed E-state index contributed by atoms with van der Waals surface area (Å²) in [6, 6.07) is 6.39. The van der Waals surface area contributed by atoms with E-state index in [2.05, 4.69) is 0 Å². The molecule has 0 aliphatic carbocycles. The van der Waals surface area contributed by atoms with E-state index in [1.165, 1.54) is 12.1 Å². The van der Waals surface area contributed by atoms with Crippen LogP contribution in [0, 0.1) is 0 Å². The summed E-state index contributed by atoms with van der Waals surface area (Å²) in [5.74, 6) is -0.0688. The van der Waals surface area contributed by atoms with Gasteiger partial charge in [-0.25, -0.2) is 4.79 Å². The monoisotopic (exact) mass is 307 g/mol. The molecule has 21 heavy (non-hydrogen) atoms. The Hall–Kier alpha value is -1.53. The Bertz CT molecular complexity index is 543. The summed E-state index contributed by atoms with van der Waals surface area (Å²) in [5.41, 5.74) is 0.752. The summed E-state index contributed by atoms with van der Waals surface area (Å²) >= 11 is 1.87. The van der Waals surface area contributed by atoms with Crippen molar-refractivity contribution in [2.45, 2.75) is 17.7 Å². The van der Waals surface area contributed by atoms with E-state index in [1.54, 1.807) is 12.1 Å². The lowest BCUT2D eigenvalue weighted by Crippen LogP contribution is -2.54. The Labute approximate surface area is 127 Å². The van der Waals surface area contributed by atoms with E-state index in [1.807, 2.05) is 16.7 Å². The van der Waals surface area contributed by atoms with Gasteiger partial charge < -0.3 is 14.7 Å². The van der Waals surface area contributed by atoms with Crippen molar-refractivity contribution >= 4 is 23.6 Å². The van der Waals surface area contributed by atoms with Crippen LogP contribution in [-0.4, -0.2) is 58.7 Å². The Balaban J connectivity index is 1.78. The molecule has 1 aromatic rings. The lowest BCUT2D eigenvalue weighted by atomic mass is 10.0. The van der Waals surface area contributed by atoms with Gasteiger partial charge in [-0.3, -0.25) is 4.79 Å². The average molecular weight is 307 g/mol. The van der Waals surface area contributed by atoms with Gasteiger partial charge in [0.15, 0.2) is 0 Å². The maximum atomic E-state index is 12.7. The van der Waals surface area contributed by atoms with Crippen LogP contribution in [0.2, 0.25) is 0 Å². The van der Waals surface area contributed by atoms with Crippen molar-refractivity contribution in [2.75, 3.05) is 25.5 Å². The predicted octanol–water partition coefficient (Wildman–Crippen LogP) is 1.73. The van der Waals surface area contributed by atoms with Gasteiger partial charge in [-0.1, -0.05) is 0 Å². The van der Waals surface area contributed by atoms with E-state index in [9.17, 15) is 9.59 Å². The molecule has 0 aromatic heterocycles. The van der Waals surface area contributed by atoms with Crippen LogP contribution in [0.15, 0.2) is 24.3 Å². The first kappa shape index (κ1) is 14.4. The molecule has 2 aliphatic heterocycles. The molecule has 2 atom stereocenters. The minimum atomic E-state index is -0.979. The van der Waals surface area contributed by atoms with E-state index in [4.69, 9.17) is 9.84 Å². The number of carboxylic acid groups (broad SMARTS) is 1. The second-order valence-electron chi connectivity index (χ2n) is 5.22. The lowest BCUT2D eigenvalue weighted by molar-refractivity contribution is 0.0319. The number of carbonyl (C=O) groups is 2. The Kier molecular flexibility index (Phi) is 4.17. The third-order valence-electron chi connectivity index (χ3n) is 3.97. The van der Waals surface area contributed by atoms with Crippen molar-refractivity contribution in [1.82, 2.24) is 4.90 Å². The topological polar surface area (TPSA) is 66.8 Å². The smallest absolute Gasteiger partial charge is 0.335 e. The fourth-order valence-electron chi connectivity index (χ4n) is 2.86. The number of hydrogen-bond donors (Lipinski definition) is 1. The summed E-state index contributed by atoms with van der Waals surface area (Å²) in [4.78, 5) is 25.5. The number of thioether (sulfide) groups is 1. The standard InChI is InChI=1S/C15H17NO4S/c17-14(10-1-3-11(4-2-10)15(18)19)16-6-8-21-13-9-20-7-5-12(13)16/h1-4,12-13H,5-9H2,(H,18,19). The summed E-state index contributed by atoms with van der Waals surface area (Å²) < 4.78 is 5.49. The first-order chi connectivity index (χ1) is 10.2. The van der Waals surface area contributed by atoms with Crippen molar-refractivity contribution in [3.63, 3.8) is 0 Å². The molecule has 2 fully saturated rings. The van der Waals surface area contributed by atoms with Gasteiger partial charge in [0, 0.05) is 35.8 Å². The fourth-order valence-corrected chi connectivity index (χ4v) is 4.16. The average Bonchev–Trinajstić information content (AvgIpc) is 2.53. The number of carbonyl (C=O) groups excluding carboxylic acids is 1. The van der Waals surface area contributed by atoms with Crippen LogP contribution in [-0.2, 0) is 4.74 Å². The van der Waals surface area contributed by atoms with E-state index < -0.39 is 5.97 Å². The van der Waals surface area contributed by atoms with Crippen LogP contribution < -0.4 is 0 Å². The highest BCUT2D eigenvalue weighted by Gasteiger charge is 2.37. The number of fused-ring (bicyclic) bond motifs is 1. The first-order valence-electron chi connectivity index (χ1n) is 7.00. The van der Waals surface area contributed by atoms with E-state index in [0.29, 0.717) is 24.0 Å². The maximum Gasteiger partial charge on any atom is 0.335 e. The van der Waals surface area contributed by atoms with Crippen LogP contribution in [0.3, 0.4) is 0 Å². The molecule has 112 valence electrons. The minimum absolute atomic E-state index is 0.0101. The molecule has 5 nitrogen and oxygen atoms in total. The molecule has 2 saturated heterocycles. The van der Waals surface area contributed by atoms with Gasteiger partial charge in [0.05, 0.1) is 12.2 Å². The number of rotatable bonds is 2. The third-order valence-corrected chi connectivity index (χ3v) is 5.27. The second-order valence-corrected chi connectivity index (χ2v) is 6.57. The lowest BCUT2D eigenvalue weighted by Gasteiger charge is -2.43. The highest BCUT2D eigenvalue weighted by atomic mass is 32.2. The molecule has 0 bridgehead atoms. The molecule has 2 unspecified atom stereocenters. The zero-order chi connectivity index (χ0) is 14.8. The van der Waals surface area contributed by atoms with E-state index >= 15 is 0 Å². The van der Waals surface area contributed by atoms with Crippen LogP contribution in [0.4, 0.5) is 0 Å². The zero-order valence-electron chi connectivity index (χ0n) is 11.5. The van der Waals surface area contributed by atoms with Crippen molar-refractivity contribution in [1.29, 1.82) is 0 Å². The molecule has 1 amide bonds. The highest BCUT2D eigenvalue weighted by Crippen LogP contribution is 2.31. The van der Waals surface area contributed by atoms with Gasteiger partial charge in [0.2, 0.25) is 0 Å². The highest BCUT2D eigenvalue weighted by molar-refractivity contribution is 8.00. The van der Waals surface area contributed by atoms with Gasteiger partial charge in [-0.15, -0.1) is 0 Å². The van der Waals surface area contributed by atoms with Crippen molar-refractivity contribution in [2.24, 2.45) is 0 Å². The van der Waals surface area contributed by atoms with Crippen molar-refractivity contribution in [3.8, 4) is 0 Å². The van der Waals surface area contributed by atoms with Crippen molar-refractivity contribution in [3.05, 3.63) is 35.4 Å². The van der Waals surface area contributed by atoms with Gasteiger partial charge in [0.25, 0.3) is 5.91 Å². The van der Waals surface area contributed by atoms with E-state index in [0.717, 1.165) is 18.7 Å². The molecule has 2 heterocycles. The van der Waals surface area contributed by atoms with Gasteiger partial charge in [-0.05, 0) is 30.7 Å². The molecule has 2 aliphatic rings. The van der Waals surface area contributed by atoms with Crippen LogP contribution in [0.25, 0.3) is 0 Å². The third kappa shape index (κ3) is 2.91. The molecular formula is C15H17NO4S. The SMILES string of the molecule is O=C(O)c1ccc(C(=O)N2CCSC3COCCC32)cc1. The number of aromatic carboxylic acids is 1. The number of ether oxygens (including phenoxy) is 1. The van der Waals surface area contributed by atoms with Gasteiger partial charge >= 0.3 is 5.97 Å². The molecule has 0 radical (unpaired) electrons. The summed E-state index contributed by atoms with van der Waals surface area (Å²) in [6.45, 7) is 2.14. The number of benzene rings is 1. The molecule has 0 spiro atoms. The quantitative estimate of drug-likeness (QED) is 0.901. The number of hydrogen-bond acceptors (Lipinski definition) is 4. The number of amides is 1. The molecule has 0 saturated carbocycles. The second kappa shape index (κ2) is 6.07. The summed E-state index contributed by atoms with van der Waals surface area (Å²) in [6.07, 6.45) is 0.872. The van der Waals surface area contributed by atoms with Crippen LogP contribution in [0.1, 0.15) is 27.1 Å². The van der Waals surface area contributed by atoms with Crippen molar-refractivity contribution < 1.29 is 19.4 Å². The minimum Gasteiger partial charge on any atom is -0.478 e. The summed E-state index contributed by atoms with van der Waals surface area (Å²) in [5, 5.41) is 9.26. The van der Waals surface area contributed by atoms with Gasteiger partial charge in [0.1, 0.15) is 0 Å².